The van der Waals surface area contributed by atoms with Crippen LogP contribution in [0.15, 0.2) is 16.5 Å². The van der Waals surface area contributed by atoms with Crippen LogP contribution in [0, 0.1) is 0 Å². The van der Waals surface area contributed by atoms with E-state index in [4.69, 9.17) is 14.3 Å². The first-order valence-electron chi connectivity index (χ1n) is 6.99. The van der Waals surface area contributed by atoms with Gasteiger partial charge in [-0.1, -0.05) is 0 Å². The van der Waals surface area contributed by atoms with Crippen molar-refractivity contribution in [2.75, 3.05) is 20.2 Å². The first-order chi connectivity index (χ1) is 10.1. The lowest BCUT2D eigenvalue weighted by molar-refractivity contribution is 0.00383. The van der Waals surface area contributed by atoms with Gasteiger partial charge in [0, 0.05) is 20.2 Å². The molecule has 21 heavy (non-hydrogen) atoms. The molecule has 7 nitrogen and oxygen atoms in total. The van der Waals surface area contributed by atoms with E-state index in [1.54, 1.807) is 11.9 Å². The number of nitrogens with one attached hydrogen (secondary N) is 1. The van der Waals surface area contributed by atoms with E-state index in [2.05, 4.69) is 5.32 Å². The molecule has 1 atom stereocenters. The van der Waals surface area contributed by atoms with Crippen LogP contribution in [0.4, 0.5) is 4.79 Å². The van der Waals surface area contributed by atoms with E-state index in [-0.39, 0.29) is 24.4 Å². The van der Waals surface area contributed by atoms with E-state index in [0.29, 0.717) is 12.3 Å². The van der Waals surface area contributed by atoms with Gasteiger partial charge in [0.1, 0.15) is 5.76 Å². The van der Waals surface area contributed by atoms with Crippen molar-refractivity contribution in [2.45, 2.75) is 31.9 Å². The smallest absolute Gasteiger partial charge is 0.371 e. The van der Waals surface area contributed by atoms with Crippen LogP contribution in [0.3, 0.4) is 0 Å². The van der Waals surface area contributed by atoms with Gasteiger partial charge in [0.15, 0.2) is 0 Å². The Morgan fingerprint density at radius 2 is 2.24 bits per heavy atom. The number of likely N-dealkylation sites (N-methyl/N-ethyl adjacent to an activating group) is 1. The maximum atomic E-state index is 11.9. The van der Waals surface area contributed by atoms with E-state index >= 15 is 0 Å². The van der Waals surface area contributed by atoms with Crippen LogP contribution >= 0.6 is 0 Å². The predicted octanol–water partition coefficient (Wildman–Crippen LogP) is 1.69. The Balaban J connectivity index is 1.76. The molecule has 2 N–H and O–H groups in total. The van der Waals surface area contributed by atoms with Gasteiger partial charge in [-0.05, 0) is 31.4 Å². The van der Waals surface area contributed by atoms with Gasteiger partial charge in [-0.2, -0.15) is 0 Å². The second-order valence-electron chi connectivity index (χ2n) is 5.10. The van der Waals surface area contributed by atoms with E-state index in [0.717, 1.165) is 25.9 Å². The second-order valence-corrected chi connectivity index (χ2v) is 5.10. The fourth-order valence-corrected chi connectivity index (χ4v) is 2.23. The summed E-state index contributed by atoms with van der Waals surface area (Å²) < 4.78 is 10.7. The summed E-state index contributed by atoms with van der Waals surface area (Å²) in [6.45, 7) is 1.46. The highest BCUT2D eigenvalue weighted by Crippen LogP contribution is 2.13. The molecule has 1 aliphatic heterocycles. The number of aromatic carboxylic acids is 1. The average Bonchev–Trinajstić information content (AvgIpc) is 2.95. The molecule has 0 saturated carbocycles. The number of carbonyl (C=O) groups is 2. The zero-order chi connectivity index (χ0) is 15.2. The zero-order valence-corrected chi connectivity index (χ0v) is 12.0. The summed E-state index contributed by atoms with van der Waals surface area (Å²) in [5, 5.41) is 11.4. The number of urea groups is 1. The SMILES string of the molecule is CN(CC1CCCCO1)C(=O)NCc1ccc(C(=O)O)o1. The fraction of sp³-hybridized carbons (Fsp3) is 0.571. The summed E-state index contributed by atoms with van der Waals surface area (Å²) in [4.78, 5) is 24.2. The van der Waals surface area contributed by atoms with Gasteiger partial charge in [-0.25, -0.2) is 9.59 Å². The monoisotopic (exact) mass is 296 g/mol. The molecular weight excluding hydrogens is 276 g/mol. The molecule has 2 amide bonds. The first-order valence-corrected chi connectivity index (χ1v) is 6.99. The zero-order valence-electron chi connectivity index (χ0n) is 12.0. The Labute approximate surface area is 122 Å². The van der Waals surface area contributed by atoms with Crippen molar-refractivity contribution in [1.29, 1.82) is 0 Å². The molecule has 1 unspecified atom stereocenters. The average molecular weight is 296 g/mol. The van der Waals surface area contributed by atoms with Crippen molar-refractivity contribution in [2.24, 2.45) is 0 Å². The predicted molar refractivity (Wildman–Crippen MR) is 74.1 cm³/mol. The number of nitrogens with zero attached hydrogens (tertiary/aromatic N) is 1. The lowest BCUT2D eigenvalue weighted by Gasteiger charge is -2.27. The molecule has 1 saturated heterocycles. The number of carboxylic acid groups (broad SMARTS) is 1. The number of ether oxygens (including phenoxy) is 1. The molecular formula is C14H20N2O5. The Hall–Kier alpha value is -2.02. The third-order valence-corrected chi connectivity index (χ3v) is 3.38. The van der Waals surface area contributed by atoms with Crippen LogP contribution in [0.2, 0.25) is 0 Å². The van der Waals surface area contributed by atoms with Gasteiger partial charge in [0.2, 0.25) is 5.76 Å². The van der Waals surface area contributed by atoms with Crippen LogP contribution in [0.25, 0.3) is 0 Å². The summed E-state index contributed by atoms with van der Waals surface area (Å²) in [5.41, 5.74) is 0. The molecule has 0 aliphatic carbocycles. The minimum Gasteiger partial charge on any atom is -0.475 e. The lowest BCUT2D eigenvalue weighted by atomic mass is 10.1. The first kappa shape index (κ1) is 15.4. The van der Waals surface area contributed by atoms with E-state index in [1.165, 1.54) is 12.1 Å². The summed E-state index contributed by atoms with van der Waals surface area (Å²) in [6, 6.07) is 2.66. The number of carbonyl (C=O) groups excluding carboxylic acids is 1. The largest absolute Gasteiger partial charge is 0.475 e. The maximum Gasteiger partial charge on any atom is 0.371 e. The van der Waals surface area contributed by atoms with Crippen molar-refractivity contribution >= 4 is 12.0 Å². The van der Waals surface area contributed by atoms with E-state index in [1.807, 2.05) is 0 Å². The van der Waals surface area contributed by atoms with Gasteiger partial charge in [0.25, 0.3) is 0 Å². The minimum absolute atomic E-state index is 0.0942. The van der Waals surface area contributed by atoms with Gasteiger partial charge in [-0.15, -0.1) is 0 Å². The van der Waals surface area contributed by atoms with Crippen LogP contribution in [0.5, 0.6) is 0 Å². The van der Waals surface area contributed by atoms with Crippen LogP contribution < -0.4 is 5.32 Å². The molecule has 0 radical (unpaired) electrons. The van der Waals surface area contributed by atoms with Crippen LogP contribution in [-0.2, 0) is 11.3 Å². The van der Waals surface area contributed by atoms with Crippen molar-refractivity contribution < 1.29 is 23.8 Å². The number of hydrogen-bond donors (Lipinski definition) is 2. The minimum atomic E-state index is -1.13. The lowest BCUT2D eigenvalue weighted by Crippen LogP contribution is -2.42. The van der Waals surface area contributed by atoms with Crippen molar-refractivity contribution in [3.8, 4) is 0 Å². The molecule has 2 heterocycles. The van der Waals surface area contributed by atoms with Crippen molar-refractivity contribution in [3.05, 3.63) is 23.7 Å². The summed E-state index contributed by atoms with van der Waals surface area (Å²) in [6.07, 6.45) is 3.27. The number of amides is 2. The third kappa shape index (κ3) is 4.49. The number of carboxylic acids is 1. The molecule has 0 bridgehead atoms. The Kier molecular flexibility index (Phi) is 5.21. The van der Waals surface area contributed by atoms with E-state index in [9.17, 15) is 9.59 Å². The molecule has 0 spiro atoms. The normalized spacial score (nSPS) is 18.2. The summed E-state index contributed by atoms with van der Waals surface area (Å²) in [7, 11) is 1.71. The van der Waals surface area contributed by atoms with Crippen LogP contribution in [-0.4, -0.2) is 48.3 Å². The van der Waals surface area contributed by atoms with Gasteiger partial charge in [-0.3, -0.25) is 0 Å². The summed E-state index contributed by atoms with van der Waals surface area (Å²) >= 11 is 0. The van der Waals surface area contributed by atoms with E-state index < -0.39 is 5.97 Å². The highest BCUT2D eigenvalue weighted by molar-refractivity contribution is 5.84. The second kappa shape index (κ2) is 7.12. The molecule has 1 aliphatic rings. The van der Waals surface area contributed by atoms with Crippen LogP contribution in [0.1, 0.15) is 35.6 Å². The highest BCUT2D eigenvalue weighted by atomic mass is 16.5. The fourth-order valence-electron chi connectivity index (χ4n) is 2.23. The molecule has 2 rings (SSSR count). The topological polar surface area (TPSA) is 92.0 Å². The molecule has 1 fully saturated rings. The number of hydrogen-bond acceptors (Lipinski definition) is 4. The maximum absolute atomic E-state index is 11.9. The Morgan fingerprint density at radius 1 is 1.43 bits per heavy atom. The highest BCUT2D eigenvalue weighted by Gasteiger charge is 2.19. The summed E-state index contributed by atoms with van der Waals surface area (Å²) in [5.74, 6) is -0.856. The molecule has 0 aromatic carbocycles. The number of rotatable bonds is 5. The van der Waals surface area contributed by atoms with Crippen molar-refractivity contribution in [3.63, 3.8) is 0 Å². The van der Waals surface area contributed by atoms with Gasteiger partial charge in [0.05, 0.1) is 12.6 Å². The third-order valence-electron chi connectivity index (χ3n) is 3.38. The van der Waals surface area contributed by atoms with Crippen molar-refractivity contribution in [1.82, 2.24) is 10.2 Å². The Morgan fingerprint density at radius 3 is 2.86 bits per heavy atom. The number of furan rings is 1. The quantitative estimate of drug-likeness (QED) is 0.862. The molecule has 1 aromatic rings. The van der Waals surface area contributed by atoms with Gasteiger partial charge >= 0.3 is 12.0 Å². The molecule has 1 aromatic heterocycles. The molecule has 7 heteroatoms. The Bertz CT molecular complexity index is 493. The standard InChI is InChI=1S/C14H20N2O5/c1-16(9-11-4-2-3-7-20-11)14(19)15-8-10-5-6-12(21-10)13(17)18/h5-6,11H,2-4,7-9H2,1H3,(H,15,19)(H,17,18). The van der Waals surface area contributed by atoms with Gasteiger partial charge < -0.3 is 24.5 Å². The molecule has 116 valence electrons.